The van der Waals surface area contributed by atoms with Crippen molar-refractivity contribution in [3.05, 3.63) is 22.8 Å². The first-order chi connectivity index (χ1) is 11.0. The Morgan fingerprint density at radius 3 is 2.62 bits per heavy atom. The van der Waals surface area contributed by atoms with Crippen molar-refractivity contribution in [1.29, 1.82) is 0 Å². The van der Waals surface area contributed by atoms with Crippen LogP contribution in [0, 0.1) is 0 Å². The van der Waals surface area contributed by atoms with Gasteiger partial charge in [-0.15, -0.1) is 0 Å². The van der Waals surface area contributed by atoms with Crippen LogP contribution < -0.4 is 9.62 Å². The lowest BCUT2D eigenvalue weighted by Crippen LogP contribution is -2.49. The minimum absolute atomic E-state index is 0.0998. The van der Waals surface area contributed by atoms with Crippen molar-refractivity contribution >= 4 is 27.4 Å². The molecular weight excluding hydrogens is 367 g/mol. The van der Waals surface area contributed by atoms with E-state index in [1.807, 2.05) is 0 Å². The third-order valence-corrected chi connectivity index (χ3v) is 6.00. The Balaban J connectivity index is 2.15. The fourth-order valence-corrected chi connectivity index (χ4v) is 3.67. The van der Waals surface area contributed by atoms with Crippen LogP contribution in [-0.2, 0) is 16.2 Å². The predicted molar refractivity (Wildman–Crippen MR) is 86.7 cm³/mol. The Morgan fingerprint density at radius 2 is 2.08 bits per heavy atom. The van der Waals surface area contributed by atoms with Gasteiger partial charge in [0.05, 0.1) is 15.8 Å². The molecule has 0 radical (unpaired) electrons. The Morgan fingerprint density at radius 1 is 1.42 bits per heavy atom. The third-order valence-electron chi connectivity index (χ3n) is 3.82. The van der Waals surface area contributed by atoms with Gasteiger partial charge in [-0.05, 0) is 32.8 Å². The van der Waals surface area contributed by atoms with Crippen LogP contribution in [0.25, 0.3) is 0 Å². The first-order valence-corrected chi connectivity index (χ1v) is 9.42. The van der Waals surface area contributed by atoms with Crippen molar-refractivity contribution in [2.24, 2.45) is 0 Å². The molecule has 1 fully saturated rings. The molecule has 0 aliphatic carbocycles. The van der Waals surface area contributed by atoms with E-state index in [0.717, 1.165) is 12.3 Å². The lowest BCUT2D eigenvalue weighted by Gasteiger charge is -2.34. The summed E-state index contributed by atoms with van der Waals surface area (Å²) in [4.78, 5) is 5.54. The van der Waals surface area contributed by atoms with E-state index in [1.54, 1.807) is 18.7 Å². The molecule has 0 amide bonds. The van der Waals surface area contributed by atoms with Gasteiger partial charge in [-0.1, -0.05) is 11.6 Å². The van der Waals surface area contributed by atoms with E-state index < -0.39 is 27.0 Å². The number of sulfonamides is 1. The minimum Gasteiger partial charge on any atom is -0.354 e. The van der Waals surface area contributed by atoms with Crippen LogP contribution in [0.5, 0.6) is 0 Å². The molecule has 2 heterocycles. The van der Waals surface area contributed by atoms with Crippen LogP contribution in [0.1, 0.15) is 32.3 Å². The van der Waals surface area contributed by atoms with Gasteiger partial charge in [-0.2, -0.15) is 13.2 Å². The van der Waals surface area contributed by atoms with E-state index >= 15 is 0 Å². The average Bonchev–Trinajstić information content (AvgIpc) is 2.45. The van der Waals surface area contributed by atoms with Crippen LogP contribution in [0.3, 0.4) is 0 Å². The second-order valence-electron chi connectivity index (χ2n) is 6.02. The lowest BCUT2D eigenvalue weighted by atomic mass is 10.1. The molecule has 136 valence electrons. The molecule has 5 nitrogen and oxygen atoms in total. The molecule has 1 unspecified atom stereocenters. The average molecular weight is 386 g/mol. The normalized spacial score (nSPS) is 19.8. The van der Waals surface area contributed by atoms with E-state index in [4.69, 9.17) is 11.6 Å². The summed E-state index contributed by atoms with van der Waals surface area (Å²) in [6.07, 6.45) is -2.43. The van der Waals surface area contributed by atoms with Crippen LogP contribution >= 0.6 is 11.6 Å². The molecule has 2 rings (SSSR count). The molecular formula is C14H19ClF3N3O2S. The number of alkyl halides is 3. The maximum absolute atomic E-state index is 12.7. The van der Waals surface area contributed by atoms with E-state index in [2.05, 4.69) is 9.71 Å². The summed E-state index contributed by atoms with van der Waals surface area (Å²) in [5, 5.41) is -0.655. The Kier molecular flexibility index (Phi) is 5.66. The van der Waals surface area contributed by atoms with Crippen LogP contribution in [0.4, 0.5) is 19.0 Å². The summed E-state index contributed by atoms with van der Waals surface area (Å²) >= 11 is 5.96. The largest absolute Gasteiger partial charge is 0.417 e. The van der Waals surface area contributed by atoms with Gasteiger partial charge in [0.2, 0.25) is 10.0 Å². The zero-order valence-corrected chi connectivity index (χ0v) is 14.8. The molecule has 1 saturated heterocycles. The maximum atomic E-state index is 12.7. The number of anilines is 1. The summed E-state index contributed by atoms with van der Waals surface area (Å²) < 4.78 is 64.6. The summed E-state index contributed by atoms with van der Waals surface area (Å²) in [5.74, 6) is 0.234. The van der Waals surface area contributed by atoms with Crippen LogP contribution in [0.15, 0.2) is 12.3 Å². The number of halogens is 4. The first kappa shape index (κ1) is 19.3. The second-order valence-corrected chi connectivity index (χ2v) is 8.70. The van der Waals surface area contributed by atoms with Gasteiger partial charge in [0.15, 0.2) is 0 Å². The lowest BCUT2D eigenvalue weighted by molar-refractivity contribution is -0.137. The first-order valence-electron chi connectivity index (χ1n) is 7.49. The summed E-state index contributed by atoms with van der Waals surface area (Å²) in [5.41, 5.74) is -0.912. The summed E-state index contributed by atoms with van der Waals surface area (Å²) in [6, 6.07) is 0.512. The summed E-state index contributed by atoms with van der Waals surface area (Å²) in [6.45, 7) is 4.02. The van der Waals surface area contributed by atoms with Crippen molar-refractivity contribution in [2.45, 2.75) is 44.2 Å². The minimum atomic E-state index is -4.51. The molecule has 1 N–H and O–H groups in total. The van der Waals surface area contributed by atoms with Crippen molar-refractivity contribution < 1.29 is 21.6 Å². The molecule has 1 aliphatic heterocycles. The Hall–Kier alpha value is -1.06. The predicted octanol–water partition coefficient (Wildman–Crippen LogP) is 3.05. The highest BCUT2D eigenvalue weighted by atomic mass is 35.5. The Bertz CT molecular complexity index is 695. The maximum Gasteiger partial charge on any atom is 0.417 e. The van der Waals surface area contributed by atoms with Gasteiger partial charge in [0.1, 0.15) is 5.82 Å². The van der Waals surface area contributed by atoms with Crippen molar-refractivity contribution in [1.82, 2.24) is 9.71 Å². The molecule has 1 aromatic rings. The van der Waals surface area contributed by atoms with Gasteiger partial charge < -0.3 is 4.90 Å². The fraction of sp³-hybridized carbons (Fsp3) is 0.643. The molecule has 10 heteroatoms. The van der Waals surface area contributed by atoms with Crippen molar-refractivity contribution in [3.63, 3.8) is 0 Å². The molecule has 24 heavy (non-hydrogen) atoms. The highest BCUT2D eigenvalue weighted by molar-refractivity contribution is 7.90. The quantitative estimate of drug-likeness (QED) is 0.865. The van der Waals surface area contributed by atoms with Crippen LogP contribution in [-0.4, -0.2) is 37.8 Å². The highest BCUT2D eigenvalue weighted by Gasteiger charge is 2.33. The van der Waals surface area contributed by atoms with Gasteiger partial charge >= 0.3 is 6.18 Å². The molecule has 0 aromatic carbocycles. The second kappa shape index (κ2) is 7.05. The third kappa shape index (κ3) is 4.52. The number of nitrogens with one attached hydrogen (secondary N) is 1. The summed E-state index contributed by atoms with van der Waals surface area (Å²) in [7, 11) is -3.42. The number of piperidine rings is 1. The number of pyridine rings is 1. The number of rotatable bonds is 4. The molecule has 1 aromatic heterocycles. The number of hydrogen-bond acceptors (Lipinski definition) is 4. The van der Waals surface area contributed by atoms with Crippen molar-refractivity contribution in [2.75, 3.05) is 18.0 Å². The van der Waals surface area contributed by atoms with E-state index in [9.17, 15) is 21.6 Å². The number of aromatic nitrogens is 1. The zero-order valence-electron chi connectivity index (χ0n) is 13.3. The van der Waals surface area contributed by atoms with Crippen molar-refractivity contribution in [3.8, 4) is 0 Å². The highest BCUT2D eigenvalue weighted by Crippen LogP contribution is 2.34. The molecule has 0 saturated carbocycles. The topological polar surface area (TPSA) is 62.3 Å². The fourth-order valence-electron chi connectivity index (χ4n) is 2.45. The van der Waals surface area contributed by atoms with E-state index in [1.165, 1.54) is 0 Å². The van der Waals surface area contributed by atoms with Gasteiger partial charge in [0.25, 0.3) is 0 Å². The van der Waals surface area contributed by atoms with E-state index in [0.29, 0.717) is 25.9 Å². The van der Waals surface area contributed by atoms with Gasteiger partial charge in [-0.3, -0.25) is 0 Å². The van der Waals surface area contributed by atoms with Gasteiger partial charge in [-0.25, -0.2) is 18.1 Å². The smallest absolute Gasteiger partial charge is 0.354 e. The number of hydrogen-bond donors (Lipinski definition) is 1. The Labute approximate surface area is 144 Å². The van der Waals surface area contributed by atoms with Gasteiger partial charge in [0, 0.05) is 25.3 Å². The van der Waals surface area contributed by atoms with Crippen LogP contribution in [0.2, 0.25) is 5.02 Å². The molecule has 1 aliphatic rings. The van der Waals surface area contributed by atoms with E-state index in [-0.39, 0.29) is 16.9 Å². The standard InChI is InChI=1S/C14H19ClF3N3O2S/c1-9(2)24(22,23)20-11-4-3-5-21(8-11)13-12(15)6-10(7-19-13)14(16,17)18/h6-7,9,11,20H,3-5,8H2,1-2H3. The number of nitrogens with zero attached hydrogens (tertiary/aromatic N) is 2. The SMILES string of the molecule is CC(C)S(=O)(=O)NC1CCCN(c2ncc(C(F)(F)F)cc2Cl)C1. The molecule has 0 spiro atoms. The monoisotopic (exact) mass is 385 g/mol. The molecule has 1 atom stereocenters. The zero-order chi connectivity index (χ0) is 18.1. The molecule has 0 bridgehead atoms.